The van der Waals surface area contributed by atoms with Gasteiger partial charge in [0.25, 0.3) is 0 Å². The van der Waals surface area contributed by atoms with Gasteiger partial charge in [0.2, 0.25) is 11.8 Å². The van der Waals surface area contributed by atoms with Gasteiger partial charge < -0.3 is 16.4 Å². The highest BCUT2D eigenvalue weighted by atomic mass is 16.2. The van der Waals surface area contributed by atoms with Crippen LogP contribution < -0.4 is 16.4 Å². The molecule has 0 saturated heterocycles. The van der Waals surface area contributed by atoms with E-state index >= 15 is 0 Å². The average molecular weight is 292 g/mol. The van der Waals surface area contributed by atoms with Crippen LogP contribution in [0, 0.1) is 6.92 Å². The van der Waals surface area contributed by atoms with Gasteiger partial charge in [0.1, 0.15) is 0 Å². The number of aryl methyl sites for hydroxylation is 1. The second-order valence-electron chi connectivity index (χ2n) is 5.53. The third-order valence-electron chi connectivity index (χ3n) is 2.76. The van der Waals surface area contributed by atoms with E-state index in [2.05, 4.69) is 10.6 Å². The molecule has 21 heavy (non-hydrogen) atoms. The Balaban J connectivity index is 2.47. The molecule has 4 N–H and O–H groups in total. The summed E-state index contributed by atoms with van der Waals surface area (Å²) in [5.41, 5.74) is 8.00. The summed E-state index contributed by atoms with van der Waals surface area (Å²) in [6, 6.07) is 5.54. The lowest BCUT2D eigenvalue weighted by Crippen LogP contribution is -2.41. The molecule has 0 fully saturated rings. The third kappa shape index (κ3) is 6.27. The molecule has 2 amide bonds. The van der Waals surface area contributed by atoms with Gasteiger partial charge in [-0.25, -0.2) is 0 Å². The van der Waals surface area contributed by atoms with Crippen molar-refractivity contribution in [3.8, 4) is 0 Å². The monoisotopic (exact) mass is 292 g/mol. The summed E-state index contributed by atoms with van der Waals surface area (Å²) in [5, 5.41) is 5.52. The predicted molar refractivity (Wildman–Crippen MR) is 85.0 cm³/mol. The van der Waals surface area contributed by atoms with Crippen molar-refractivity contribution in [1.82, 2.24) is 10.2 Å². The van der Waals surface area contributed by atoms with Gasteiger partial charge in [-0.1, -0.05) is 6.07 Å². The van der Waals surface area contributed by atoms with E-state index in [-0.39, 0.29) is 30.9 Å². The smallest absolute Gasteiger partial charge is 0.238 e. The van der Waals surface area contributed by atoms with Crippen LogP contribution in [0.2, 0.25) is 0 Å². The molecular weight excluding hydrogens is 268 g/mol. The maximum absolute atomic E-state index is 11.9. The molecule has 0 heterocycles. The molecule has 0 spiro atoms. The zero-order valence-electron chi connectivity index (χ0n) is 13.1. The first-order valence-electron chi connectivity index (χ1n) is 6.92. The van der Waals surface area contributed by atoms with Crippen molar-refractivity contribution in [2.24, 2.45) is 0 Å². The van der Waals surface area contributed by atoms with Crippen molar-refractivity contribution < 1.29 is 9.59 Å². The van der Waals surface area contributed by atoms with E-state index in [1.165, 1.54) is 0 Å². The lowest BCUT2D eigenvalue weighted by molar-refractivity contribution is -0.123. The van der Waals surface area contributed by atoms with Crippen molar-refractivity contribution >= 4 is 23.2 Å². The van der Waals surface area contributed by atoms with Crippen LogP contribution >= 0.6 is 0 Å². The zero-order chi connectivity index (χ0) is 16.0. The quantitative estimate of drug-likeness (QED) is 0.682. The number of nitrogens with one attached hydrogen (secondary N) is 2. The summed E-state index contributed by atoms with van der Waals surface area (Å²) in [7, 11) is 1.72. The number of amides is 2. The van der Waals surface area contributed by atoms with Crippen molar-refractivity contribution in [1.29, 1.82) is 0 Å². The molecule has 6 nitrogen and oxygen atoms in total. The minimum atomic E-state index is -0.203. The topological polar surface area (TPSA) is 87.5 Å². The summed E-state index contributed by atoms with van der Waals surface area (Å²) in [6.45, 7) is 6.02. The molecule has 0 saturated carbocycles. The Bertz CT molecular complexity index is 514. The molecule has 1 aromatic rings. The highest BCUT2D eigenvalue weighted by molar-refractivity contribution is 5.95. The highest BCUT2D eigenvalue weighted by Crippen LogP contribution is 2.19. The lowest BCUT2D eigenvalue weighted by Gasteiger charge is -2.17. The number of anilines is 2. The molecule has 0 atom stereocenters. The second kappa shape index (κ2) is 7.64. The number of hydrogen-bond acceptors (Lipinski definition) is 4. The van der Waals surface area contributed by atoms with Gasteiger partial charge in [-0.2, -0.15) is 0 Å². The van der Waals surface area contributed by atoms with Gasteiger partial charge in [0.15, 0.2) is 0 Å². The van der Waals surface area contributed by atoms with Gasteiger partial charge in [-0.05, 0) is 45.5 Å². The second-order valence-corrected chi connectivity index (χ2v) is 5.53. The lowest BCUT2D eigenvalue weighted by atomic mass is 10.2. The minimum Gasteiger partial charge on any atom is -0.397 e. The molecule has 1 rings (SSSR count). The Labute approximate surface area is 125 Å². The Hall–Kier alpha value is -2.08. The SMILES string of the molecule is Cc1ccc(NC(=O)CN(C)CC(=O)NC(C)C)c(N)c1. The largest absolute Gasteiger partial charge is 0.397 e. The van der Waals surface area contributed by atoms with Crippen molar-refractivity contribution in [3.63, 3.8) is 0 Å². The number of nitrogens with zero attached hydrogens (tertiary/aromatic N) is 1. The van der Waals surface area contributed by atoms with Crippen LogP contribution in [0.25, 0.3) is 0 Å². The van der Waals surface area contributed by atoms with Crippen molar-refractivity contribution in [3.05, 3.63) is 23.8 Å². The fourth-order valence-corrected chi connectivity index (χ4v) is 1.90. The van der Waals surface area contributed by atoms with Gasteiger partial charge in [-0.15, -0.1) is 0 Å². The minimum absolute atomic E-state index is 0.0899. The third-order valence-corrected chi connectivity index (χ3v) is 2.76. The van der Waals surface area contributed by atoms with E-state index in [9.17, 15) is 9.59 Å². The molecule has 0 aliphatic heterocycles. The molecule has 0 aliphatic carbocycles. The molecule has 0 aromatic heterocycles. The molecule has 116 valence electrons. The normalized spacial score (nSPS) is 10.8. The predicted octanol–water partition coefficient (Wildman–Crippen LogP) is 0.972. The summed E-state index contributed by atoms with van der Waals surface area (Å²) >= 11 is 0. The average Bonchev–Trinajstić information content (AvgIpc) is 2.31. The maximum Gasteiger partial charge on any atom is 0.238 e. The number of rotatable bonds is 6. The van der Waals surface area contributed by atoms with E-state index < -0.39 is 0 Å². The molecule has 0 unspecified atom stereocenters. The van der Waals surface area contributed by atoms with Crippen molar-refractivity contribution in [2.45, 2.75) is 26.8 Å². The van der Waals surface area contributed by atoms with Gasteiger partial charge in [-0.3, -0.25) is 14.5 Å². The molecule has 6 heteroatoms. The van der Waals surface area contributed by atoms with E-state index in [1.54, 1.807) is 24.1 Å². The molecule has 1 aromatic carbocycles. The van der Waals surface area contributed by atoms with Gasteiger partial charge >= 0.3 is 0 Å². The van der Waals surface area contributed by atoms with Crippen LogP contribution in [-0.4, -0.2) is 42.9 Å². The number of carbonyl (C=O) groups is 2. The molecular formula is C15H24N4O2. The highest BCUT2D eigenvalue weighted by Gasteiger charge is 2.12. The van der Waals surface area contributed by atoms with Gasteiger partial charge in [0, 0.05) is 6.04 Å². The van der Waals surface area contributed by atoms with Gasteiger partial charge in [0.05, 0.1) is 24.5 Å². The fraction of sp³-hybridized carbons (Fsp3) is 0.467. The molecule has 0 aliphatic rings. The first-order chi connectivity index (χ1) is 9.77. The first-order valence-corrected chi connectivity index (χ1v) is 6.92. The standard InChI is InChI=1S/C15H24N4O2/c1-10(2)17-14(20)8-19(4)9-15(21)18-13-6-5-11(3)7-12(13)16/h5-7,10H,8-9,16H2,1-4H3,(H,17,20)(H,18,21). The number of nitrogen functional groups attached to an aromatic ring is 1. The summed E-state index contributed by atoms with van der Waals surface area (Å²) in [4.78, 5) is 25.2. The summed E-state index contributed by atoms with van der Waals surface area (Å²) in [6.07, 6.45) is 0. The number of benzene rings is 1. The molecule has 0 bridgehead atoms. The van der Waals surface area contributed by atoms with Crippen LogP contribution in [-0.2, 0) is 9.59 Å². The van der Waals surface area contributed by atoms with E-state index in [1.807, 2.05) is 26.8 Å². The fourth-order valence-electron chi connectivity index (χ4n) is 1.90. The van der Waals surface area contributed by atoms with E-state index in [0.29, 0.717) is 11.4 Å². The first kappa shape index (κ1) is 17.0. The van der Waals surface area contributed by atoms with Crippen LogP contribution in [0.15, 0.2) is 18.2 Å². The Kier molecular flexibility index (Phi) is 6.17. The Morgan fingerprint density at radius 1 is 1.24 bits per heavy atom. The number of hydrogen-bond donors (Lipinski definition) is 3. The van der Waals surface area contributed by atoms with Crippen LogP contribution in [0.5, 0.6) is 0 Å². The van der Waals surface area contributed by atoms with Crippen LogP contribution in [0.1, 0.15) is 19.4 Å². The zero-order valence-corrected chi connectivity index (χ0v) is 13.1. The summed E-state index contributed by atoms with van der Waals surface area (Å²) < 4.78 is 0. The van der Waals surface area contributed by atoms with Crippen LogP contribution in [0.4, 0.5) is 11.4 Å². The van der Waals surface area contributed by atoms with Crippen LogP contribution in [0.3, 0.4) is 0 Å². The maximum atomic E-state index is 11.9. The number of likely N-dealkylation sites (N-methyl/N-ethyl adjacent to an activating group) is 1. The van der Waals surface area contributed by atoms with E-state index in [0.717, 1.165) is 5.56 Å². The van der Waals surface area contributed by atoms with Crippen molar-refractivity contribution in [2.75, 3.05) is 31.2 Å². The summed E-state index contributed by atoms with van der Waals surface area (Å²) in [5.74, 6) is -0.305. The van der Waals surface area contributed by atoms with E-state index in [4.69, 9.17) is 5.73 Å². The molecule has 0 radical (unpaired) electrons. The Morgan fingerprint density at radius 2 is 1.86 bits per heavy atom. The Morgan fingerprint density at radius 3 is 2.43 bits per heavy atom. The number of nitrogens with two attached hydrogens (primary N) is 1. The number of carbonyl (C=O) groups excluding carboxylic acids is 2.